The van der Waals surface area contributed by atoms with Crippen LogP contribution in [0.2, 0.25) is 0 Å². The number of aliphatic hydroxyl groups excluding tert-OH is 1. The molecule has 0 spiro atoms. The van der Waals surface area contributed by atoms with Crippen molar-refractivity contribution in [1.29, 1.82) is 0 Å². The molecule has 2 rings (SSSR count). The van der Waals surface area contributed by atoms with Gasteiger partial charge in [0, 0.05) is 12.6 Å². The molecule has 1 aliphatic heterocycles. The van der Waals surface area contributed by atoms with Crippen LogP contribution in [0, 0.1) is 0 Å². The number of nitrogens with one attached hydrogen (secondary N) is 1. The first-order chi connectivity index (χ1) is 8.35. The van der Waals surface area contributed by atoms with E-state index in [0.29, 0.717) is 13.0 Å². The van der Waals surface area contributed by atoms with Crippen molar-refractivity contribution in [2.75, 3.05) is 19.8 Å². The van der Waals surface area contributed by atoms with Crippen molar-refractivity contribution in [3.05, 3.63) is 24.3 Å². The van der Waals surface area contributed by atoms with Gasteiger partial charge in [-0.3, -0.25) is 0 Å². The van der Waals surface area contributed by atoms with Crippen LogP contribution >= 0.6 is 0 Å². The van der Waals surface area contributed by atoms with Crippen molar-refractivity contribution < 1.29 is 14.6 Å². The number of para-hydroxylation sites is 2. The highest BCUT2D eigenvalue weighted by Crippen LogP contribution is 2.31. The number of aliphatic hydroxyl groups is 1. The zero-order valence-corrected chi connectivity index (χ0v) is 10.1. The molecule has 4 nitrogen and oxygen atoms in total. The van der Waals surface area contributed by atoms with E-state index in [1.807, 2.05) is 31.2 Å². The molecule has 0 saturated heterocycles. The molecule has 4 heteroatoms. The van der Waals surface area contributed by atoms with Crippen LogP contribution in [0.5, 0.6) is 11.5 Å². The van der Waals surface area contributed by atoms with E-state index in [4.69, 9.17) is 14.6 Å². The summed E-state index contributed by atoms with van der Waals surface area (Å²) in [5.74, 6) is 1.58. The maximum Gasteiger partial charge on any atom is 0.161 e. The van der Waals surface area contributed by atoms with Gasteiger partial charge in [-0.2, -0.15) is 0 Å². The molecule has 0 unspecified atom stereocenters. The number of likely N-dealkylation sites (N-methyl/N-ethyl adjacent to an activating group) is 1. The van der Waals surface area contributed by atoms with Crippen molar-refractivity contribution in [1.82, 2.24) is 5.32 Å². The third kappa shape index (κ3) is 2.90. The Labute approximate surface area is 102 Å². The minimum absolute atomic E-state index is 0.0444. The molecule has 1 aromatic rings. The van der Waals surface area contributed by atoms with E-state index in [0.717, 1.165) is 18.0 Å². The largest absolute Gasteiger partial charge is 0.486 e. The van der Waals surface area contributed by atoms with Gasteiger partial charge < -0.3 is 19.9 Å². The first-order valence-corrected chi connectivity index (χ1v) is 6.08. The van der Waals surface area contributed by atoms with Gasteiger partial charge in [-0.1, -0.05) is 19.1 Å². The molecular weight excluding hydrogens is 218 g/mol. The summed E-state index contributed by atoms with van der Waals surface area (Å²) in [6, 6.07) is 7.79. The minimum Gasteiger partial charge on any atom is -0.486 e. The van der Waals surface area contributed by atoms with Crippen LogP contribution in [0.4, 0.5) is 0 Å². The molecule has 2 atom stereocenters. The molecule has 17 heavy (non-hydrogen) atoms. The van der Waals surface area contributed by atoms with E-state index < -0.39 is 0 Å². The Hall–Kier alpha value is -1.26. The molecule has 2 N–H and O–H groups in total. The fraction of sp³-hybridized carbons (Fsp3) is 0.538. The van der Waals surface area contributed by atoms with Crippen LogP contribution in [0.3, 0.4) is 0 Å². The molecule has 94 valence electrons. The van der Waals surface area contributed by atoms with Crippen molar-refractivity contribution in [2.24, 2.45) is 0 Å². The number of fused-ring (bicyclic) bond motifs is 1. The summed E-state index contributed by atoms with van der Waals surface area (Å²) in [4.78, 5) is 0. The van der Waals surface area contributed by atoms with Gasteiger partial charge in [-0.05, 0) is 25.1 Å². The van der Waals surface area contributed by atoms with Gasteiger partial charge in [0.1, 0.15) is 12.7 Å². The van der Waals surface area contributed by atoms with Crippen LogP contribution in [-0.4, -0.2) is 37.0 Å². The minimum atomic E-state index is -0.0444. The van der Waals surface area contributed by atoms with Gasteiger partial charge in [0.15, 0.2) is 11.5 Å². The molecule has 1 aliphatic rings. The second-order valence-electron chi connectivity index (χ2n) is 4.09. The first-order valence-electron chi connectivity index (χ1n) is 6.08. The predicted octanol–water partition coefficient (Wildman–Crippen LogP) is 1.19. The SMILES string of the molecule is CCN[C@H](CCO)[C@H]1COc2ccccc2O1. The topological polar surface area (TPSA) is 50.7 Å². The average molecular weight is 237 g/mol. The standard InChI is InChI=1S/C13H19NO3/c1-2-14-10(7-8-15)13-9-16-11-5-3-4-6-12(11)17-13/h3-6,10,13-15H,2,7-9H2,1H3/t10-,13-/m1/s1. The van der Waals surface area contributed by atoms with Crippen molar-refractivity contribution in [3.63, 3.8) is 0 Å². The maximum atomic E-state index is 9.05. The molecule has 0 amide bonds. The predicted molar refractivity (Wildman–Crippen MR) is 65.5 cm³/mol. The van der Waals surface area contributed by atoms with Crippen LogP contribution in [0.1, 0.15) is 13.3 Å². The van der Waals surface area contributed by atoms with Gasteiger partial charge in [-0.25, -0.2) is 0 Å². The number of ether oxygens (including phenoxy) is 2. The fourth-order valence-electron chi connectivity index (χ4n) is 2.05. The molecule has 0 aliphatic carbocycles. The maximum absolute atomic E-state index is 9.05. The number of hydrogen-bond acceptors (Lipinski definition) is 4. The van der Waals surface area contributed by atoms with E-state index in [2.05, 4.69) is 5.32 Å². The Morgan fingerprint density at radius 2 is 2.18 bits per heavy atom. The lowest BCUT2D eigenvalue weighted by Crippen LogP contribution is -2.48. The van der Waals surface area contributed by atoms with Crippen LogP contribution in [0.25, 0.3) is 0 Å². The summed E-state index contributed by atoms with van der Waals surface area (Å²) in [6.45, 7) is 3.57. The van der Waals surface area contributed by atoms with E-state index in [1.165, 1.54) is 0 Å². The quantitative estimate of drug-likeness (QED) is 0.807. The third-order valence-electron chi connectivity index (χ3n) is 2.89. The van der Waals surface area contributed by atoms with Crippen molar-refractivity contribution in [3.8, 4) is 11.5 Å². The summed E-state index contributed by atoms with van der Waals surface area (Å²) >= 11 is 0. The monoisotopic (exact) mass is 237 g/mol. The van der Waals surface area contributed by atoms with Gasteiger partial charge in [-0.15, -0.1) is 0 Å². The Bertz CT molecular complexity index is 350. The zero-order valence-electron chi connectivity index (χ0n) is 10.1. The summed E-state index contributed by atoms with van der Waals surface area (Å²) in [7, 11) is 0. The van der Waals surface area contributed by atoms with Crippen LogP contribution in [0.15, 0.2) is 24.3 Å². The number of benzene rings is 1. The van der Waals surface area contributed by atoms with E-state index in [9.17, 15) is 0 Å². The Balaban J connectivity index is 2.04. The number of hydrogen-bond donors (Lipinski definition) is 2. The Morgan fingerprint density at radius 3 is 2.88 bits per heavy atom. The van der Waals surface area contributed by atoms with Gasteiger partial charge in [0.25, 0.3) is 0 Å². The highest BCUT2D eigenvalue weighted by atomic mass is 16.6. The van der Waals surface area contributed by atoms with Gasteiger partial charge in [0.05, 0.1) is 0 Å². The number of rotatable bonds is 5. The lowest BCUT2D eigenvalue weighted by molar-refractivity contribution is 0.0545. The third-order valence-corrected chi connectivity index (χ3v) is 2.89. The lowest BCUT2D eigenvalue weighted by Gasteiger charge is -2.32. The van der Waals surface area contributed by atoms with E-state index in [-0.39, 0.29) is 18.8 Å². The molecule has 0 fully saturated rings. The van der Waals surface area contributed by atoms with Crippen LogP contribution in [-0.2, 0) is 0 Å². The van der Waals surface area contributed by atoms with Crippen molar-refractivity contribution in [2.45, 2.75) is 25.5 Å². The Kier molecular flexibility index (Phi) is 4.23. The molecule has 0 bridgehead atoms. The normalized spacial score (nSPS) is 20.0. The summed E-state index contributed by atoms with van der Waals surface area (Å²) in [6.07, 6.45) is 0.626. The lowest BCUT2D eigenvalue weighted by atomic mass is 10.1. The molecule has 1 heterocycles. The molecular formula is C13H19NO3. The highest BCUT2D eigenvalue weighted by molar-refractivity contribution is 5.40. The zero-order chi connectivity index (χ0) is 12.1. The average Bonchev–Trinajstić information content (AvgIpc) is 2.38. The molecule has 0 radical (unpaired) electrons. The first kappa shape index (κ1) is 12.2. The Morgan fingerprint density at radius 1 is 1.41 bits per heavy atom. The van der Waals surface area contributed by atoms with Crippen LogP contribution < -0.4 is 14.8 Å². The molecule has 0 aromatic heterocycles. The van der Waals surface area contributed by atoms with Gasteiger partial charge in [0.2, 0.25) is 0 Å². The highest BCUT2D eigenvalue weighted by Gasteiger charge is 2.27. The van der Waals surface area contributed by atoms with E-state index >= 15 is 0 Å². The summed E-state index contributed by atoms with van der Waals surface area (Å²) in [5.41, 5.74) is 0. The fourth-order valence-corrected chi connectivity index (χ4v) is 2.05. The molecule has 1 aromatic carbocycles. The smallest absolute Gasteiger partial charge is 0.161 e. The second kappa shape index (κ2) is 5.89. The summed E-state index contributed by atoms with van der Waals surface area (Å²) in [5, 5.41) is 12.4. The van der Waals surface area contributed by atoms with E-state index in [1.54, 1.807) is 0 Å². The second-order valence-corrected chi connectivity index (χ2v) is 4.09. The summed E-state index contributed by atoms with van der Waals surface area (Å²) < 4.78 is 11.6. The molecule has 0 saturated carbocycles. The van der Waals surface area contributed by atoms with Crippen molar-refractivity contribution >= 4 is 0 Å². The van der Waals surface area contributed by atoms with Gasteiger partial charge >= 0.3 is 0 Å².